The molecule has 152 valence electrons. The fourth-order valence-electron chi connectivity index (χ4n) is 2.36. The lowest BCUT2D eigenvalue weighted by molar-refractivity contribution is -0.116. The fraction of sp³-hybridized carbons (Fsp3) is 0.222. The first-order chi connectivity index (χ1) is 13.6. The van der Waals surface area contributed by atoms with E-state index in [0.29, 0.717) is 0 Å². The van der Waals surface area contributed by atoms with Crippen LogP contribution < -0.4 is 22.7 Å². The first kappa shape index (κ1) is 22.4. The molecular weight excluding hydrogens is 460 g/mol. The van der Waals surface area contributed by atoms with Crippen molar-refractivity contribution in [2.45, 2.75) is 12.8 Å². The number of amidine groups is 1. The summed E-state index contributed by atoms with van der Waals surface area (Å²) in [5.41, 5.74) is 11.0. The minimum Gasteiger partial charge on any atom is -0.387 e. The molecule has 0 unspecified atom stereocenters. The van der Waals surface area contributed by atoms with E-state index in [1.165, 1.54) is 20.3 Å². The van der Waals surface area contributed by atoms with Crippen molar-refractivity contribution in [2.75, 3.05) is 5.73 Å². The minimum atomic E-state index is -0.665. The Morgan fingerprint density at radius 3 is 2.45 bits per heavy atom. The van der Waals surface area contributed by atoms with Gasteiger partial charge in [-0.25, -0.2) is 9.79 Å². The van der Waals surface area contributed by atoms with Crippen LogP contribution in [0.1, 0.15) is 18.4 Å². The quantitative estimate of drug-likeness (QED) is 0.277. The molecule has 11 heteroatoms. The van der Waals surface area contributed by atoms with Gasteiger partial charge in [-0.3, -0.25) is 23.7 Å². The first-order valence-corrected chi connectivity index (χ1v) is 9.54. The summed E-state index contributed by atoms with van der Waals surface area (Å²) >= 11 is 8.52. The zero-order valence-corrected chi connectivity index (χ0v) is 18.2. The molecule has 0 fully saturated rings. The Labute approximate surface area is 179 Å². The molecule has 0 radical (unpaired) electrons. The molecule has 0 saturated carbocycles. The number of nitrogens with two attached hydrogens (primary N) is 2. The Balaban J connectivity index is 2.08. The lowest BCUT2D eigenvalue weighted by atomic mass is 10.1. The number of aromatic nitrogens is 2. The third kappa shape index (κ3) is 5.55. The van der Waals surface area contributed by atoms with E-state index in [-0.39, 0.29) is 34.9 Å². The Bertz CT molecular complexity index is 1130. The number of amides is 1. The van der Waals surface area contributed by atoms with Gasteiger partial charge in [-0.15, -0.1) is 0 Å². The van der Waals surface area contributed by atoms with Crippen LogP contribution in [-0.2, 0) is 18.9 Å². The molecule has 0 spiro atoms. The summed E-state index contributed by atoms with van der Waals surface area (Å²) in [6.07, 6.45) is 1.37. The normalized spacial score (nSPS) is 11.8. The molecule has 0 atom stereocenters. The van der Waals surface area contributed by atoms with Gasteiger partial charge in [0.2, 0.25) is 0 Å². The number of hydrogen-bond acceptors (Lipinski definition) is 6. The van der Waals surface area contributed by atoms with Gasteiger partial charge in [-0.05, 0) is 24.3 Å². The van der Waals surface area contributed by atoms with Crippen LogP contribution in [0.4, 0.5) is 11.5 Å². The van der Waals surface area contributed by atoms with Gasteiger partial charge in [0.05, 0.1) is 17.7 Å². The second kappa shape index (κ2) is 9.52. The van der Waals surface area contributed by atoms with Gasteiger partial charge < -0.3 is 11.5 Å². The highest BCUT2D eigenvalue weighted by Crippen LogP contribution is 2.16. The van der Waals surface area contributed by atoms with Gasteiger partial charge in [-0.2, -0.15) is 0 Å². The summed E-state index contributed by atoms with van der Waals surface area (Å²) in [6, 6.07) is 7.33. The van der Waals surface area contributed by atoms with Crippen LogP contribution in [0.15, 0.2) is 48.3 Å². The molecule has 2 aromatic rings. The van der Waals surface area contributed by atoms with Crippen molar-refractivity contribution < 1.29 is 4.79 Å². The number of aliphatic imine (C=N–C) groups is 2. The maximum Gasteiger partial charge on any atom is 0.332 e. The number of rotatable bonds is 6. The van der Waals surface area contributed by atoms with E-state index < -0.39 is 17.2 Å². The molecule has 0 bridgehead atoms. The average molecular weight is 479 g/mol. The van der Waals surface area contributed by atoms with E-state index in [1.54, 1.807) is 0 Å². The predicted molar refractivity (Wildman–Crippen MR) is 121 cm³/mol. The largest absolute Gasteiger partial charge is 0.387 e. The smallest absolute Gasteiger partial charge is 0.332 e. The average Bonchev–Trinajstić information content (AvgIpc) is 2.66. The van der Waals surface area contributed by atoms with Gasteiger partial charge in [0, 0.05) is 36.1 Å². The van der Waals surface area contributed by atoms with E-state index >= 15 is 0 Å². The summed E-state index contributed by atoms with van der Waals surface area (Å²) in [6.45, 7) is 0. The summed E-state index contributed by atoms with van der Waals surface area (Å²) in [5.74, 6) is -0.672. The van der Waals surface area contributed by atoms with Crippen LogP contribution >= 0.6 is 28.1 Å². The zero-order valence-electron chi connectivity index (χ0n) is 15.8. The monoisotopic (exact) mass is 478 g/mol. The number of anilines is 1. The number of thiocarbonyl (C=S) groups is 1. The molecule has 1 heterocycles. The fourth-order valence-corrected chi connectivity index (χ4v) is 2.94. The van der Waals surface area contributed by atoms with E-state index in [9.17, 15) is 14.4 Å². The molecule has 9 nitrogen and oxygen atoms in total. The van der Waals surface area contributed by atoms with Crippen LogP contribution in [-0.4, -0.2) is 32.0 Å². The van der Waals surface area contributed by atoms with Gasteiger partial charge in [0.25, 0.3) is 11.5 Å². The molecule has 0 aliphatic heterocycles. The number of hydrogen-bond donors (Lipinski definition) is 2. The molecule has 29 heavy (non-hydrogen) atoms. The predicted octanol–water partition coefficient (Wildman–Crippen LogP) is 1.21. The lowest BCUT2D eigenvalue weighted by Crippen LogP contribution is -2.41. The number of nitrogens with zero attached hydrogens (tertiary/aromatic N) is 4. The van der Waals surface area contributed by atoms with Crippen LogP contribution in [0.3, 0.4) is 0 Å². The molecule has 4 N–H and O–H groups in total. The van der Waals surface area contributed by atoms with Crippen LogP contribution in [0.2, 0.25) is 0 Å². The summed E-state index contributed by atoms with van der Waals surface area (Å²) < 4.78 is 2.90. The van der Waals surface area contributed by atoms with Gasteiger partial charge in [-0.1, -0.05) is 28.1 Å². The van der Waals surface area contributed by atoms with E-state index in [1.807, 2.05) is 24.3 Å². The molecule has 1 aromatic carbocycles. The summed E-state index contributed by atoms with van der Waals surface area (Å²) in [4.78, 5) is 44.3. The third-order valence-electron chi connectivity index (χ3n) is 3.94. The first-order valence-electron chi connectivity index (χ1n) is 8.34. The number of halogens is 1. The number of carbonyl (C=O) groups excluding carboxylic acids is 1. The van der Waals surface area contributed by atoms with Crippen LogP contribution in [0, 0.1) is 0 Å². The molecular formula is C18H19BrN6O3S. The van der Waals surface area contributed by atoms with Crippen molar-refractivity contribution >= 4 is 62.5 Å². The second-order valence-corrected chi connectivity index (χ2v) is 7.46. The van der Waals surface area contributed by atoms with Crippen molar-refractivity contribution in [3.05, 3.63) is 55.1 Å². The van der Waals surface area contributed by atoms with Crippen LogP contribution in [0.5, 0.6) is 0 Å². The van der Waals surface area contributed by atoms with E-state index in [0.717, 1.165) is 19.3 Å². The van der Waals surface area contributed by atoms with Gasteiger partial charge in [0.15, 0.2) is 0 Å². The SMILES string of the molecule is Cn1c(N)c(C(=S)CC(=O)N=C(N)CC=Nc2ccc(Br)cc2)c(=O)n(C)c1=O. The maximum atomic E-state index is 12.3. The highest BCUT2D eigenvalue weighted by Gasteiger charge is 2.19. The second-order valence-electron chi connectivity index (χ2n) is 6.06. The van der Waals surface area contributed by atoms with E-state index in [2.05, 4.69) is 25.9 Å². The highest BCUT2D eigenvalue weighted by atomic mass is 79.9. The Hall–Kier alpha value is -2.92. The number of benzene rings is 1. The molecule has 2 rings (SSSR count). The third-order valence-corrected chi connectivity index (χ3v) is 4.81. The number of carbonyl (C=O) groups is 1. The number of nitrogen functional groups attached to an aromatic ring is 1. The van der Waals surface area contributed by atoms with Crippen molar-refractivity contribution in [3.8, 4) is 0 Å². The van der Waals surface area contributed by atoms with Crippen molar-refractivity contribution in [1.82, 2.24) is 9.13 Å². The Morgan fingerprint density at radius 2 is 1.83 bits per heavy atom. The summed E-state index contributed by atoms with van der Waals surface area (Å²) in [5, 5.41) is 0. The highest BCUT2D eigenvalue weighted by molar-refractivity contribution is 9.10. The Kier molecular flexibility index (Phi) is 7.35. The topological polar surface area (TPSA) is 138 Å². The summed E-state index contributed by atoms with van der Waals surface area (Å²) in [7, 11) is 2.71. The molecule has 1 aromatic heterocycles. The zero-order chi connectivity index (χ0) is 21.7. The standard InChI is InChI=1S/C18H19BrN6O3S/c1-24-16(21)15(17(27)25(2)18(24)28)12(29)9-14(26)23-13(20)7-8-22-11-5-3-10(19)4-6-11/h3-6,8H,7,9,21H2,1-2H3,(H2,20,23,26). The Morgan fingerprint density at radius 1 is 1.21 bits per heavy atom. The van der Waals surface area contributed by atoms with Crippen LogP contribution in [0.25, 0.3) is 0 Å². The van der Waals surface area contributed by atoms with Crippen molar-refractivity contribution in [3.63, 3.8) is 0 Å². The molecule has 1 amide bonds. The minimum absolute atomic E-state index is 0.0104. The van der Waals surface area contributed by atoms with E-state index in [4.69, 9.17) is 23.7 Å². The van der Waals surface area contributed by atoms with Crippen molar-refractivity contribution in [1.29, 1.82) is 0 Å². The van der Waals surface area contributed by atoms with Gasteiger partial charge in [0.1, 0.15) is 11.7 Å². The lowest BCUT2D eigenvalue weighted by Gasteiger charge is -2.11. The molecule has 0 saturated heterocycles. The molecule has 0 aliphatic rings. The van der Waals surface area contributed by atoms with Crippen molar-refractivity contribution in [2.24, 2.45) is 29.8 Å². The van der Waals surface area contributed by atoms with Gasteiger partial charge >= 0.3 is 5.69 Å². The maximum absolute atomic E-state index is 12.3. The molecule has 0 aliphatic carbocycles.